The molecule has 2 heterocycles. The number of rotatable bonds is 3. The van der Waals surface area contributed by atoms with E-state index in [1.54, 1.807) is 18.3 Å². The molecule has 3 rings (SSSR count). The van der Waals surface area contributed by atoms with Crippen molar-refractivity contribution in [1.82, 2.24) is 15.0 Å². The van der Waals surface area contributed by atoms with E-state index in [0.717, 1.165) is 22.4 Å². The van der Waals surface area contributed by atoms with Gasteiger partial charge < -0.3 is 11.5 Å². The van der Waals surface area contributed by atoms with Crippen molar-refractivity contribution in [3.63, 3.8) is 0 Å². The summed E-state index contributed by atoms with van der Waals surface area (Å²) in [6.45, 7) is 2.12. The second-order valence-electron chi connectivity index (χ2n) is 5.15. The number of anilines is 1. The van der Waals surface area contributed by atoms with E-state index in [1.165, 1.54) is 12.1 Å². The maximum Gasteiger partial charge on any atom is 0.220 e. The van der Waals surface area contributed by atoms with Gasteiger partial charge in [0.1, 0.15) is 5.82 Å². The Kier molecular flexibility index (Phi) is 3.99. The second-order valence-corrected chi connectivity index (χ2v) is 5.15. The van der Waals surface area contributed by atoms with Crippen LogP contribution in [0, 0.1) is 12.7 Å². The summed E-state index contributed by atoms with van der Waals surface area (Å²) in [5, 5.41) is 0. The van der Waals surface area contributed by atoms with Gasteiger partial charge in [-0.2, -0.15) is 0 Å². The number of halogens is 1. The van der Waals surface area contributed by atoms with Crippen molar-refractivity contribution in [1.29, 1.82) is 0 Å². The molecule has 0 aliphatic heterocycles. The molecule has 6 heteroatoms. The van der Waals surface area contributed by atoms with Crippen LogP contribution in [0.5, 0.6) is 0 Å². The first-order chi connectivity index (χ1) is 11.1. The van der Waals surface area contributed by atoms with E-state index in [2.05, 4.69) is 15.0 Å². The predicted octanol–water partition coefficient (Wildman–Crippen LogP) is 2.69. The molecule has 0 bridgehead atoms. The Hall–Kier alpha value is -2.86. The molecule has 0 aliphatic carbocycles. The molecule has 0 saturated carbocycles. The van der Waals surface area contributed by atoms with Crippen molar-refractivity contribution in [2.24, 2.45) is 5.73 Å². The van der Waals surface area contributed by atoms with Gasteiger partial charge in [0.2, 0.25) is 5.95 Å². The van der Waals surface area contributed by atoms with Gasteiger partial charge in [-0.25, -0.2) is 14.4 Å². The van der Waals surface area contributed by atoms with Crippen LogP contribution in [0.3, 0.4) is 0 Å². The highest BCUT2D eigenvalue weighted by Gasteiger charge is 2.16. The number of benzene rings is 1. The number of aromatic nitrogens is 3. The molecule has 0 aliphatic rings. The van der Waals surface area contributed by atoms with Crippen LogP contribution in [0.2, 0.25) is 0 Å². The zero-order chi connectivity index (χ0) is 16.4. The fraction of sp³-hybridized carbons (Fsp3) is 0.118. The minimum absolute atomic E-state index is 0.138. The van der Waals surface area contributed by atoms with Crippen molar-refractivity contribution in [3.05, 3.63) is 59.8 Å². The van der Waals surface area contributed by atoms with Crippen LogP contribution >= 0.6 is 0 Å². The minimum atomic E-state index is -0.309. The second kappa shape index (κ2) is 6.10. The van der Waals surface area contributed by atoms with Crippen molar-refractivity contribution >= 4 is 5.95 Å². The van der Waals surface area contributed by atoms with Gasteiger partial charge >= 0.3 is 0 Å². The van der Waals surface area contributed by atoms with Gasteiger partial charge in [-0.1, -0.05) is 0 Å². The van der Waals surface area contributed by atoms with Crippen LogP contribution in [0.4, 0.5) is 10.3 Å². The standard InChI is InChI=1S/C17H16FN5/c1-10-8-12(6-7-21-10)15-14(9-19)22-17(20)23-16(15)11-2-4-13(18)5-3-11/h2-8H,9,19H2,1H3,(H2,20,22,23). The summed E-state index contributed by atoms with van der Waals surface area (Å²) in [5.41, 5.74) is 16.2. The molecule has 3 aromatic rings. The van der Waals surface area contributed by atoms with E-state index in [1.807, 2.05) is 19.1 Å². The first-order valence-electron chi connectivity index (χ1n) is 7.14. The lowest BCUT2D eigenvalue weighted by Gasteiger charge is -2.14. The van der Waals surface area contributed by atoms with Crippen LogP contribution in [-0.2, 0) is 6.54 Å². The van der Waals surface area contributed by atoms with E-state index in [4.69, 9.17) is 11.5 Å². The zero-order valence-electron chi connectivity index (χ0n) is 12.6. The highest BCUT2D eigenvalue weighted by molar-refractivity contribution is 5.83. The van der Waals surface area contributed by atoms with Gasteiger partial charge in [0.05, 0.1) is 11.4 Å². The van der Waals surface area contributed by atoms with Gasteiger partial charge in [-0.15, -0.1) is 0 Å². The lowest BCUT2D eigenvalue weighted by molar-refractivity contribution is 0.628. The summed E-state index contributed by atoms with van der Waals surface area (Å²) in [5.74, 6) is -0.171. The van der Waals surface area contributed by atoms with Crippen LogP contribution in [-0.4, -0.2) is 15.0 Å². The summed E-state index contributed by atoms with van der Waals surface area (Å²) in [6.07, 6.45) is 1.72. The molecule has 0 spiro atoms. The summed E-state index contributed by atoms with van der Waals surface area (Å²) in [6, 6.07) is 9.90. The van der Waals surface area contributed by atoms with Crippen LogP contribution < -0.4 is 11.5 Å². The summed E-state index contributed by atoms with van der Waals surface area (Å²) in [4.78, 5) is 12.8. The lowest BCUT2D eigenvalue weighted by atomic mass is 9.97. The Bertz CT molecular complexity index is 846. The van der Waals surface area contributed by atoms with Gasteiger partial charge in [-0.05, 0) is 48.9 Å². The van der Waals surface area contributed by atoms with E-state index in [0.29, 0.717) is 11.4 Å². The largest absolute Gasteiger partial charge is 0.368 e. The molecule has 23 heavy (non-hydrogen) atoms. The first kappa shape index (κ1) is 15.1. The molecule has 0 unspecified atom stereocenters. The number of nitrogens with zero attached hydrogens (tertiary/aromatic N) is 3. The monoisotopic (exact) mass is 309 g/mol. The van der Waals surface area contributed by atoms with Crippen LogP contribution in [0.25, 0.3) is 22.4 Å². The van der Waals surface area contributed by atoms with Gasteiger partial charge in [0, 0.05) is 29.6 Å². The average Bonchev–Trinajstić information content (AvgIpc) is 2.54. The van der Waals surface area contributed by atoms with E-state index in [-0.39, 0.29) is 18.3 Å². The van der Waals surface area contributed by atoms with E-state index < -0.39 is 0 Å². The number of nitrogen functional groups attached to an aromatic ring is 1. The van der Waals surface area contributed by atoms with Crippen molar-refractivity contribution < 1.29 is 4.39 Å². The molecular formula is C17H16FN5. The predicted molar refractivity (Wildman–Crippen MR) is 87.7 cm³/mol. The third-order valence-electron chi connectivity index (χ3n) is 3.50. The molecule has 116 valence electrons. The smallest absolute Gasteiger partial charge is 0.220 e. The topological polar surface area (TPSA) is 90.7 Å². The Balaban J connectivity index is 2.30. The number of aryl methyl sites for hydroxylation is 1. The first-order valence-corrected chi connectivity index (χ1v) is 7.14. The fourth-order valence-electron chi connectivity index (χ4n) is 2.50. The average molecular weight is 309 g/mol. The highest BCUT2D eigenvalue weighted by Crippen LogP contribution is 2.33. The number of nitrogens with two attached hydrogens (primary N) is 2. The maximum atomic E-state index is 13.2. The zero-order valence-corrected chi connectivity index (χ0v) is 12.6. The van der Waals surface area contributed by atoms with Gasteiger partial charge in [0.25, 0.3) is 0 Å². The molecule has 0 fully saturated rings. The Morgan fingerprint density at radius 3 is 2.43 bits per heavy atom. The number of hydrogen-bond donors (Lipinski definition) is 2. The molecule has 1 aromatic carbocycles. The molecule has 5 nitrogen and oxygen atoms in total. The van der Waals surface area contributed by atoms with Crippen molar-refractivity contribution in [2.45, 2.75) is 13.5 Å². The summed E-state index contributed by atoms with van der Waals surface area (Å²) in [7, 11) is 0. The van der Waals surface area contributed by atoms with Crippen molar-refractivity contribution in [3.8, 4) is 22.4 Å². The van der Waals surface area contributed by atoms with Crippen LogP contribution in [0.15, 0.2) is 42.6 Å². The molecule has 0 atom stereocenters. The summed E-state index contributed by atoms with van der Waals surface area (Å²) < 4.78 is 13.2. The van der Waals surface area contributed by atoms with Gasteiger partial charge in [-0.3, -0.25) is 4.98 Å². The third kappa shape index (κ3) is 3.02. The van der Waals surface area contributed by atoms with Gasteiger partial charge in [0.15, 0.2) is 0 Å². The quantitative estimate of drug-likeness (QED) is 0.776. The molecule has 4 N–H and O–H groups in total. The lowest BCUT2D eigenvalue weighted by Crippen LogP contribution is -2.09. The molecular weight excluding hydrogens is 293 g/mol. The minimum Gasteiger partial charge on any atom is -0.368 e. The number of hydrogen-bond acceptors (Lipinski definition) is 5. The fourth-order valence-corrected chi connectivity index (χ4v) is 2.50. The highest BCUT2D eigenvalue weighted by atomic mass is 19.1. The van der Waals surface area contributed by atoms with Crippen molar-refractivity contribution in [2.75, 3.05) is 5.73 Å². The number of pyridine rings is 1. The summed E-state index contributed by atoms with van der Waals surface area (Å²) >= 11 is 0. The molecule has 0 amide bonds. The Morgan fingerprint density at radius 1 is 1.04 bits per heavy atom. The van der Waals surface area contributed by atoms with E-state index >= 15 is 0 Å². The SMILES string of the molecule is Cc1cc(-c2c(CN)nc(N)nc2-c2ccc(F)cc2)ccn1. The Morgan fingerprint density at radius 2 is 1.78 bits per heavy atom. The normalized spacial score (nSPS) is 10.7. The molecule has 2 aromatic heterocycles. The van der Waals surface area contributed by atoms with Crippen LogP contribution in [0.1, 0.15) is 11.4 Å². The Labute approximate surface area is 133 Å². The third-order valence-corrected chi connectivity index (χ3v) is 3.50. The molecule has 0 saturated heterocycles. The molecule has 0 radical (unpaired) electrons. The van der Waals surface area contributed by atoms with E-state index in [9.17, 15) is 4.39 Å². The maximum absolute atomic E-state index is 13.2.